The SMILES string of the molecule is CC(=O)C=CCC(C)(C)c1ccc(C)o1. The first-order valence-corrected chi connectivity index (χ1v) is 5.16. The van der Waals surface area contributed by atoms with Gasteiger partial charge in [-0.05, 0) is 38.5 Å². The van der Waals surface area contributed by atoms with Gasteiger partial charge in [0.05, 0.1) is 0 Å². The highest BCUT2D eigenvalue weighted by atomic mass is 16.3. The van der Waals surface area contributed by atoms with Crippen molar-refractivity contribution in [2.75, 3.05) is 0 Å². The molecule has 15 heavy (non-hydrogen) atoms. The van der Waals surface area contributed by atoms with Gasteiger partial charge in [0.25, 0.3) is 0 Å². The van der Waals surface area contributed by atoms with Crippen LogP contribution in [-0.2, 0) is 10.2 Å². The summed E-state index contributed by atoms with van der Waals surface area (Å²) in [7, 11) is 0. The molecule has 0 atom stereocenters. The second-order valence-corrected chi connectivity index (χ2v) is 4.51. The fourth-order valence-corrected chi connectivity index (χ4v) is 1.42. The Morgan fingerprint density at radius 3 is 2.60 bits per heavy atom. The maximum absolute atomic E-state index is 10.8. The van der Waals surface area contributed by atoms with Crippen molar-refractivity contribution in [1.29, 1.82) is 0 Å². The van der Waals surface area contributed by atoms with E-state index in [0.29, 0.717) is 0 Å². The van der Waals surface area contributed by atoms with Crippen LogP contribution in [0.4, 0.5) is 0 Å². The highest BCUT2D eigenvalue weighted by molar-refractivity contribution is 5.87. The number of rotatable bonds is 4. The number of allylic oxidation sites excluding steroid dienone is 2. The van der Waals surface area contributed by atoms with Crippen LogP contribution in [0, 0.1) is 6.92 Å². The number of ketones is 1. The summed E-state index contributed by atoms with van der Waals surface area (Å²) in [6.45, 7) is 7.71. The van der Waals surface area contributed by atoms with E-state index in [0.717, 1.165) is 17.9 Å². The molecule has 2 heteroatoms. The van der Waals surface area contributed by atoms with E-state index in [-0.39, 0.29) is 11.2 Å². The van der Waals surface area contributed by atoms with Crippen molar-refractivity contribution in [3.8, 4) is 0 Å². The molecule has 0 aliphatic carbocycles. The molecule has 0 radical (unpaired) electrons. The largest absolute Gasteiger partial charge is 0.466 e. The fourth-order valence-electron chi connectivity index (χ4n) is 1.42. The lowest BCUT2D eigenvalue weighted by Crippen LogP contribution is -2.14. The zero-order valence-electron chi connectivity index (χ0n) is 9.83. The van der Waals surface area contributed by atoms with Gasteiger partial charge in [0.2, 0.25) is 0 Å². The van der Waals surface area contributed by atoms with Crippen LogP contribution in [0.5, 0.6) is 0 Å². The van der Waals surface area contributed by atoms with Gasteiger partial charge in [0, 0.05) is 5.41 Å². The average Bonchev–Trinajstić information content (AvgIpc) is 2.51. The van der Waals surface area contributed by atoms with Crippen molar-refractivity contribution in [2.24, 2.45) is 0 Å². The van der Waals surface area contributed by atoms with Crippen molar-refractivity contribution in [3.63, 3.8) is 0 Å². The van der Waals surface area contributed by atoms with E-state index in [1.807, 2.05) is 25.1 Å². The van der Waals surface area contributed by atoms with Crippen LogP contribution in [0.15, 0.2) is 28.7 Å². The van der Waals surface area contributed by atoms with Gasteiger partial charge in [0.15, 0.2) is 5.78 Å². The van der Waals surface area contributed by atoms with Crippen molar-refractivity contribution < 1.29 is 9.21 Å². The first-order chi connectivity index (χ1) is 6.92. The van der Waals surface area contributed by atoms with Crippen molar-refractivity contribution in [2.45, 2.75) is 39.5 Å². The van der Waals surface area contributed by atoms with Crippen molar-refractivity contribution in [3.05, 3.63) is 35.8 Å². The van der Waals surface area contributed by atoms with Gasteiger partial charge in [-0.25, -0.2) is 0 Å². The Hall–Kier alpha value is -1.31. The van der Waals surface area contributed by atoms with Gasteiger partial charge in [-0.1, -0.05) is 19.9 Å². The number of carbonyl (C=O) groups is 1. The molecule has 0 N–H and O–H groups in total. The van der Waals surface area contributed by atoms with E-state index in [4.69, 9.17) is 4.42 Å². The van der Waals surface area contributed by atoms with Crippen LogP contribution in [-0.4, -0.2) is 5.78 Å². The summed E-state index contributed by atoms with van der Waals surface area (Å²) in [5.41, 5.74) is -0.0553. The molecule has 0 amide bonds. The summed E-state index contributed by atoms with van der Waals surface area (Å²) in [5.74, 6) is 1.98. The third-order valence-electron chi connectivity index (χ3n) is 2.39. The minimum absolute atomic E-state index is 0.0553. The van der Waals surface area contributed by atoms with Crippen LogP contribution in [0.25, 0.3) is 0 Å². The van der Waals surface area contributed by atoms with E-state index in [2.05, 4.69) is 13.8 Å². The molecule has 0 saturated heterocycles. The van der Waals surface area contributed by atoms with E-state index in [1.165, 1.54) is 0 Å². The molecule has 0 fully saturated rings. The molecule has 0 aliphatic heterocycles. The third kappa shape index (κ3) is 3.39. The first-order valence-electron chi connectivity index (χ1n) is 5.16. The molecule has 1 heterocycles. The number of hydrogen-bond donors (Lipinski definition) is 0. The second-order valence-electron chi connectivity index (χ2n) is 4.51. The first kappa shape index (κ1) is 11.8. The van der Waals surface area contributed by atoms with Gasteiger partial charge in [-0.3, -0.25) is 4.79 Å². The Kier molecular flexibility index (Phi) is 3.51. The lowest BCUT2D eigenvalue weighted by Gasteiger charge is -2.19. The standard InChI is InChI=1S/C13H18O2/c1-10(14)6-5-9-13(3,4)12-8-7-11(2)15-12/h5-8H,9H2,1-4H3. The minimum atomic E-state index is -0.0553. The molecule has 0 bridgehead atoms. The predicted octanol–water partition coefficient (Wildman–Crippen LogP) is 3.40. The van der Waals surface area contributed by atoms with Crippen molar-refractivity contribution >= 4 is 5.78 Å². The Bertz CT molecular complexity index is 370. The van der Waals surface area contributed by atoms with Crippen molar-refractivity contribution in [1.82, 2.24) is 0 Å². The van der Waals surface area contributed by atoms with Crippen LogP contribution in [0.3, 0.4) is 0 Å². The third-order valence-corrected chi connectivity index (χ3v) is 2.39. The van der Waals surface area contributed by atoms with E-state index < -0.39 is 0 Å². The van der Waals surface area contributed by atoms with E-state index in [1.54, 1.807) is 13.0 Å². The minimum Gasteiger partial charge on any atom is -0.466 e. The van der Waals surface area contributed by atoms with Crippen LogP contribution in [0.1, 0.15) is 38.7 Å². The molecule has 1 aromatic heterocycles. The summed E-state index contributed by atoms with van der Waals surface area (Å²) >= 11 is 0. The fraction of sp³-hybridized carbons (Fsp3) is 0.462. The summed E-state index contributed by atoms with van der Waals surface area (Å²) < 4.78 is 5.59. The number of hydrogen-bond acceptors (Lipinski definition) is 2. The molecule has 0 aromatic carbocycles. The van der Waals surface area contributed by atoms with Gasteiger partial charge < -0.3 is 4.42 Å². The highest BCUT2D eigenvalue weighted by Gasteiger charge is 2.22. The summed E-state index contributed by atoms with van der Waals surface area (Å²) in [4.78, 5) is 10.8. The van der Waals surface area contributed by atoms with E-state index in [9.17, 15) is 4.79 Å². The molecular formula is C13H18O2. The van der Waals surface area contributed by atoms with Crippen LogP contribution >= 0.6 is 0 Å². The number of furan rings is 1. The summed E-state index contributed by atoms with van der Waals surface area (Å²) in [6.07, 6.45) is 4.32. The number of carbonyl (C=O) groups excluding carboxylic acids is 1. The Balaban J connectivity index is 2.71. The lowest BCUT2D eigenvalue weighted by atomic mass is 9.86. The molecular weight excluding hydrogens is 188 g/mol. The summed E-state index contributed by atoms with van der Waals surface area (Å²) in [6, 6.07) is 3.96. The monoisotopic (exact) mass is 206 g/mol. The van der Waals surface area contributed by atoms with E-state index >= 15 is 0 Å². The Labute approximate surface area is 91.0 Å². The topological polar surface area (TPSA) is 30.2 Å². The molecule has 2 nitrogen and oxygen atoms in total. The van der Waals surface area contributed by atoms with Gasteiger partial charge >= 0.3 is 0 Å². The maximum atomic E-state index is 10.8. The highest BCUT2D eigenvalue weighted by Crippen LogP contribution is 2.28. The maximum Gasteiger partial charge on any atom is 0.152 e. The van der Waals surface area contributed by atoms with Crippen LogP contribution < -0.4 is 0 Å². The Morgan fingerprint density at radius 1 is 1.47 bits per heavy atom. The van der Waals surface area contributed by atoms with Gasteiger partial charge in [0.1, 0.15) is 11.5 Å². The van der Waals surface area contributed by atoms with Gasteiger partial charge in [-0.15, -0.1) is 0 Å². The quantitative estimate of drug-likeness (QED) is 0.707. The zero-order valence-corrected chi connectivity index (χ0v) is 9.83. The molecule has 82 valence electrons. The molecule has 0 saturated carbocycles. The molecule has 0 spiro atoms. The molecule has 1 rings (SSSR count). The Morgan fingerprint density at radius 2 is 2.13 bits per heavy atom. The smallest absolute Gasteiger partial charge is 0.152 e. The lowest BCUT2D eigenvalue weighted by molar-refractivity contribution is -0.112. The zero-order chi connectivity index (χ0) is 11.5. The number of aryl methyl sites for hydroxylation is 1. The summed E-state index contributed by atoms with van der Waals surface area (Å²) in [5, 5.41) is 0. The van der Waals surface area contributed by atoms with Crippen LogP contribution in [0.2, 0.25) is 0 Å². The molecule has 1 aromatic rings. The normalized spacial score (nSPS) is 12.3. The predicted molar refractivity (Wildman–Crippen MR) is 60.9 cm³/mol. The molecule has 0 unspecified atom stereocenters. The van der Waals surface area contributed by atoms with Gasteiger partial charge in [-0.2, -0.15) is 0 Å². The molecule has 0 aliphatic rings. The second kappa shape index (κ2) is 4.47. The average molecular weight is 206 g/mol.